The monoisotopic (exact) mass is 692 g/mol. The lowest BCUT2D eigenvalue weighted by atomic mass is 10.0. The molecule has 2 heterocycles. The molecule has 1 aromatic rings. The van der Waals surface area contributed by atoms with Crippen molar-refractivity contribution in [2.75, 3.05) is 6.61 Å². The van der Waals surface area contributed by atoms with Crippen LogP contribution >= 0.6 is 22.6 Å². The predicted molar refractivity (Wildman–Crippen MR) is 169 cm³/mol. The molecule has 9 nitrogen and oxygen atoms in total. The average Bonchev–Trinajstić information content (AvgIpc) is 3.26. The van der Waals surface area contributed by atoms with Gasteiger partial charge in [-0.25, -0.2) is 4.79 Å². The number of hydrogen-bond donors (Lipinski definition) is 3. The van der Waals surface area contributed by atoms with E-state index in [1.54, 1.807) is 22.6 Å². The number of aliphatic hydroxyl groups is 2. The lowest BCUT2D eigenvalue weighted by Crippen LogP contribution is -2.40. The van der Waals surface area contributed by atoms with Crippen LogP contribution in [0.5, 0.6) is 0 Å². The van der Waals surface area contributed by atoms with Gasteiger partial charge >= 0.3 is 11.7 Å². The summed E-state index contributed by atoms with van der Waals surface area (Å²) in [4.78, 5) is 38.4. The molecule has 3 N–H and O–H groups in total. The van der Waals surface area contributed by atoms with Crippen molar-refractivity contribution >= 4 is 28.6 Å². The molecule has 41 heavy (non-hydrogen) atoms. The van der Waals surface area contributed by atoms with Gasteiger partial charge in [-0.15, -0.1) is 0 Å². The lowest BCUT2D eigenvalue weighted by molar-refractivity contribution is -0.156. The molecule has 10 heteroatoms. The van der Waals surface area contributed by atoms with Crippen molar-refractivity contribution in [1.82, 2.24) is 9.55 Å². The zero-order valence-corrected chi connectivity index (χ0v) is 27.2. The van der Waals surface area contributed by atoms with Gasteiger partial charge in [-0.3, -0.25) is 19.1 Å². The Hall–Kier alpha value is -1.24. The number of rotatable bonds is 23. The first-order valence-corrected chi connectivity index (χ1v) is 17.1. The number of carbonyl (C=O) groups excluding carboxylic acids is 1. The highest BCUT2D eigenvalue weighted by Gasteiger charge is 2.47. The third kappa shape index (κ3) is 13.7. The van der Waals surface area contributed by atoms with E-state index in [0.29, 0.717) is 6.42 Å². The lowest BCUT2D eigenvalue weighted by Gasteiger charge is -2.20. The molecule has 1 aliphatic rings. The molecule has 1 saturated heterocycles. The topological polar surface area (TPSA) is 131 Å². The molecule has 0 aliphatic carbocycles. The fraction of sp³-hybridized carbons (Fsp3) is 0.839. The zero-order chi connectivity index (χ0) is 29.9. The van der Waals surface area contributed by atoms with Crippen LogP contribution in [0.2, 0.25) is 0 Å². The molecular weight excluding hydrogens is 639 g/mol. The predicted octanol–water partition coefficient (Wildman–Crippen LogP) is 6.13. The average molecular weight is 693 g/mol. The van der Waals surface area contributed by atoms with E-state index in [-0.39, 0.29) is 9.99 Å². The summed E-state index contributed by atoms with van der Waals surface area (Å²) in [5, 5.41) is 20.4. The van der Waals surface area contributed by atoms with Crippen molar-refractivity contribution in [3.8, 4) is 0 Å². The quantitative estimate of drug-likeness (QED) is 0.0715. The van der Waals surface area contributed by atoms with Gasteiger partial charge in [0.25, 0.3) is 5.56 Å². The molecular formula is C31H53IN2O7. The Morgan fingerprint density at radius 3 is 1.80 bits per heavy atom. The number of H-pyrrole nitrogens is 1. The fourth-order valence-electron chi connectivity index (χ4n) is 5.45. The molecule has 1 fully saturated rings. The van der Waals surface area contributed by atoms with Crippen molar-refractivity contribution in [2.45, 2.75) is 160 Å². The smallest absolute Gasteiger partial charge is 0.330 e. The standard InChI is InChI=1S/C31H53IN2O7/c1-2-3-4-5-6-7-8-9-10-11-12-13-14-15-16-17-18-19-20-21-26(36)41-28-25(23-35)40-30(27(28)37)34-22-24(32)29(38)33-31(34)39/h22,25,27-28,30,35,37H,2-21,23H2,1H3,(H,33,38,39)/t25-,27?,28?,30-/m0/s1. The SMILES string of the molecule is CCCCCCCCCCCCCCCCCCCCCC(=O)OC1C(O)[C@@H](n2cc(I)c(=O)[nH]c2=O)O[C@H]1CO. The van der Waals surface area contributed by atoms with Gasteiger partial charge in [0.05, 0.1) is 10.2 Å². The summed E-state index contributed by atoms with van der Waals surface area (Å²) in [6.07, 6.45) is 21.2. The van der Waals surface area contributed by atoms with Crippen LogP contribution in [0.15, 0.2) is 15.8 Å². The summed E-state index contributed by atoms with van der Waals surface area (Å²) < 4.78 is 12.3. The van der Waals surface area contributed by atoms with Crippen LogP contribution in [0.1, 0.15) is 142 Å². The summed E-state index contributed by atoms with van der Waals surface area (Å²) in [6.45, 7) is 1.78. The first-order valence-electron chi connectivity index (χ1n) is 16.0. The van der Waals surface area contributed by atoms with Gasteiger partial charge in [0.15, 0.2) is 12.3 Å². The minimum Gasteiger partial charge on any atom is -0.457 e. The van der Waals surface area contributed by atoms with Crippen molar-refractivity contribution < 1.29 is 24.5 Å². The number of aromatic amines is 1. The molecule has 0 radical (unpaired) electrons. The van der Waals surface area contributed by atoms with Crippen LogP contribution < -0.4 is 11.2 Å². The molecule has 236 valence electrons. The molecule has 0 bridgehead atoms. The first kappa shape index (κ1) is 36.0. The van der Waals surface area contributed by atoms with Gasteiger partial charge < -0.3 is 19.7 Å². The number of halogens is 1. The van der Waals surface area contributed by atoms with Gasteiger partial charge in [-0.2, -0.15) is 0 Å². The summed E-state index contributed by atoms with van der Waals surface area (Å²) in [5.74, 6) is -0.466. The second kappa shape index (κ2) is 21.4. The number of aromatic nitrogens is 2. The highest BCUT2D eigenvalue weighted by molar-refractivity contribution is 14.1. The van der Waals surface area contributed by atoms with Crippen molar-refractivity contribution in [3.63, 3.8) is 0 Å². The molecule has 0 amide bonds. The second-order valence-corrected chi connectivity index (χ2v) is 12.6. The third-order valence-corrected chi connectivity index (χ3v) is 8.71. The Labute approximate surface area is 258 Å². The van der Waals surface area contributed by atoms with E-state index >= 15 is 0 Å². The Bertz CT molecular complexity index is 967. The van der Waals surface area contributed by atoms with Crippen LogP contribution in [0.3, 0.4) is 0 Å². The van der Waals surface area contributed by atoms with E-state index in [0.717, 1.165) is 17.4 Å². The zero-order valence-electron chi connectivity index (χ0n) is 25.0. The minimum absolute atomic E-state index is 0.224. The number of unbranched alkanes of at least 4 members (excludes halogenated alkanes) is 18. The molecule has 0 aromatic carbocycles. The van der Waals surface area contributed by atoms with Crippen molar-refractivity contribution in [1.29, 1.82) is 0 Å². The van der Waals surface area contributed by atoms with Gasteiger partial charge in [0, 0.05) is 12.6 Å². The van der Waals surface area contributed by atoms with Gasteiger partial charge in [0.1, 0.15) is 12.2 Å². The largest absolute Gasteiger partial charge is 0.457 e. The molecule has 2 rings (SSSR count). The highest BCUT2D eigenvalue weighted by atomic mass is 127. The highest BCUT2D eigenvalue weighted by Crippen LogP contribution is 2.31. The van der Waals surface area contributed by atoms with Crippen LogP contribution in [0.25, 0.3) is 0 Å². The van der Waals surface area contributed by atoms with Crippen LogP contribution in [0, 0.1) is 3.57 Å². The number of nitrogens with one attached hydrogen (secondary N) is 1. The molecule has 0 saturated carbocycles. The van der Waals surface area contributed by atoms with E-state index in [4.69, 9.17) is 9.47 Å². The summed E-state index contributed by atoms with van der Waals surface area (Å²) >= 11 is 1.77. The van der Waals surface area contributed by atoms with Crippen LogP contribution in [0.4, 0.5) is 0 Å². The van der Waals surface area contributed by atoms with E-state index in [2.05, 4.69) is 11.9 Å². The van der Waals surface area contributed by atoms with Crippen LogP contribution in [-0.2, 0) is 14.3 Å². The number of hydrogen-bond acceptors (Lipinski definition) is 7. The number of nitrogens with zero attached hydrogens (tertiary/aromatic N) is 1. The number of aliphatic hydroxyl groups excluding tert-OH is 2. The Kier molecular flexibility index (Phi) is 18.8. The van der Waals surface area contributed by atoms with Crippen molar-refractivity contribution in [2.24, 2.45) is 0 Å². The van der Waals surface area contributed by atoms with Gasteiger partial charge in [-0.1, -0.05) is 122 Å². The molecule has 1 aromatic heterocycles. The number of esters is 1. The van der Waals surface area contributed by atoms with Gasteiger partial charge in [0.2, 0.25) is 0 Å². The molecule has 0 spiro atoms. The Morgan fingerprint density at radius 1 is 0.878 bits per heavy atom. The summed E-state index contributed by atoms with van der Waals surface area (Å²) in [5.41, 5.74) is -1.29. The maximum Gasteiger partial charge on any atom is 0.330 e. The normalized spacial score (nSPS) is 20.5. The van der Waals surface area contributed by atoms with E-state index in [9.17, 15) is 24.6 Å². The Morgan fingerprint density at radius 2 is 1.34 bits per heavy atom. The van der Waals surface area contributed by atoms with E-state index in [1.165, 1.54) is 109 Å². The molecule has 4 atom stereocenters. The third-order valence-electron chi connectivity index (χ3n) is 7.94. The fourth-order valence-corrected chi connectivity index (χ4v) is 5.89. The first-order chi connectivity index (χ1) is 19.9. The molecule has 1 aliphatic heterocycles. The van der Waals surface area contributed by atoms with Gasteiger partial charge in [-0.05, 0) is 29.0 Å². The maximum absolute atomic E-state index is 12.4. The van der Waals surface area contributed by atoms with E-state index < -0.39 is 48.4 Å². The van der Waals surface area contributed by atoms with Crippen LogP contribution in [-0.4, -0.2) is 50.7 Å². The van der Waals surface area contributed by atoms with E-state index in [1.807, 2.05) is 0 Å². The molecule has 2 unspecified atom stereocenters. The summed E-state index contributed by atoms with van der Waals surface area (Å²) in [7, 11) is 0. The number of carbonyl (C=O) groups is 1. The second-order valence-electron chi connectivity index (χ2n) is 11.5. The minimum atomic E-state index is -1.36. The number of ether oxygens (including phenoxy) is 2. The maximum atomic E-state index is 12.4. The van der Waals surface area contributed by atoms with Crippen molar-refractivity contribution in [3.05, 3.63) is 30.6 Å². The summed E-state index contributed by atoms with van der Waals surface area (Å²) in [6, 6.07) is 0. The Balaban J connectivity index is 1.48.